The molecule has 1 unspecified atom stereocenters. The second-order valence-corrected chi connectivity index (χ2v) is 8.91. The van der Waals surface area contributed by atoms with Gasteiger partial charge in [0, 0.05) is 38.6 Å². The summed E-state index contributed by atoms with van der Waals surface area (Å²) in [5.74, 6) is 0.831. The highest BCUT2D eigenvalue weighted by atomic mass is 32.2. The van der Waals surface area contributed by atoms with E-state index in [0.29, 0.717) is 26.2 Å². The molecule has 0 aromatic carbocycles. The van der Waals surface area contributed by atoms with E-state index in [9.17, 15) is 8.42 Å². The van der Waals surface area contributed by atoms with Crippen molar-refractivity contribution < 1.29 is 13.2 Å². The lowest BCUT2D eigenvalue weighted by molar-refractivity contribution is -0.0951. The quantitative estimate of drug-likeness (QED) is 0.805. The van der Waals surface area contributed by atoms with E-state index < -0.39 is 15.6 Å². The average Bonchev–Trinajstić information content (AvgIpc) is 3.41. The largest absolute Gasteiger partial charge is 0.370 e. The normalized spacial score (nSPS) is 29.8. The minimum atomic E-state index is -3.14. The van der Waals surface area contributed by atoms with E-state index >= 15 is 0 Å². The van der Waals surface area contributed by atoms with E-state index in [2.05, 4.69) is 14.9 Å². The zero-order valence-corrected chi connectivity index (χ0v) is 13.9. The Morgan fingerprint density at radius 1 is 1.22 bits per heavy atom. The third-order valence-electron chi connectivity index (χ3n) is 4.93. The van der Waals surface area contributed by atoms with Crippen molar-refractivity contribution in [3.8, 4) is 0 Å². The van der Waals surface area contributed by atoms with E-state index in [4.69, 9.17) is 4.74 Å². The van der Waals surface area contributed by atoms with Crippen molar-refractivity contribution in [1.29, 1.82) is 0 Å². The van der Waals surface area contributed by atoms with Crippen LogP contribution >= 0.6 is 0 Å². The molecule has 1 aliphatic carbocycles. The number of rotatable bonds is 3. The topological polar surface area (TPSA) is 75.6 Å². The number of aromatic nitrogens is 2. The zero-order valence-electron chi connectivity index (χ0n) is 13.1. The van der Waals surface area contributed by atoms with E-state index in [1.807, 2.05) is 0 Å². The van der Waals surface area contributed by atoms with E-state index in [0.717, 1.165) is 38.0 Å². The maximum Gasteiger partial charge on any atom is 0.217 e. The molecule has 3 fully saturated rings. The molecule has 126 valence electrons. The van der Waals surface area contributed by atoms with Crippen LogP contribution in [0.1, 0.15) is 25.7 Å². The van der Waals surface area contributed by atoms with Gasteiger partial charge < -0.3 is 9.64 Å². The Morgan fingerprint density at radius 3 is 2.83 bits per heavy atom. The van der Waals surface area contributed by atoms with Gasteiger partial charge in [-0.2, -0.15) is 4.31 Å². The molecule has 0 radical (unpaired) electrons. The maximum absolute atomic E-state index is 12.6. The molecule has 1 aromatic rings. The average molecular weight is 338 g/mol. The van der Waals surface area contributed by atoms with Gasteiger partial charge in [-0.05, 0) is 25.7 Å². The lowest BCUT2D eigenvalue weighted by atomic mass is 9.91. The number of anilines is 1. The molecule has 1 saturated carbocycles. The first-order valence-electron chi connectivity index (χ1n) is 8.23. The summed E-state index contributed by atoms with van der Waals surface area (Å²) in [4.78, 5) is 10.6. The molecule has 4 rings (SSSR count). The molecule has 1 atom stereocenters. The van der Waals surface area contributed by atoms with Gasteiger partial charge in [0.05, 0.1) is 23.7 Å². The van der Waals surface area contributed by atoms with E-state index in [1.165, 1.54) is 0 Å². The molecule has 7 nitrogen and oxygen atoms in total. The van der Waals surface area contributed by atoms with Gasteiger partial charge in [0.15, 0.2) is 0 Å². The van der Waals surface area contributed by atoms with Crippen molar-refractivity contribution >= 4 is 15.8 Å². The summed E-state index contributed by atoms with van der Waals surface area (Å²) >= 11 is 0. The Kier molecular flexibility index (Phi) is 3.78. The Balaban J connectivity index is 1.53. The lowest BCUT2D eigenvalue weighted by Crippen LogP contribution is -2.61. The fraction of sp³-hybridized carbons (Fsp3) is 0.733. The first-order chi connectivity index (χ1) is 11.1. The Bertz CT molecular complexity index is 661. The second kappa shape index (κ2) is 5.68. The van der Waals surface area contributed by atoms with Crippen LogP contribution in [-0.2, 0) is 14.8 Å². The summed E-state index contributed by atoms with van der Waals surface area (Å²) in [5.41, 5.74) is -0.421. The summed E-state index contributed by atoms with van der Waals surface area (Å²) < 4.78 is 32.9. The molecular formula is C15H22N4O3S. The van der Waals surface area contributed by atoms with Gasteiger partial charge in [-0.15, -0.1) is 0 Å². The Hall–Kier alpha value is -1.25. The maximum atomic E-state index is 12.6. The molecule has 2 saturated heterocycles. The fourth-order valence-electron chi connectivity index (χ4n) is 3.60. The van der Waals surface area contributed by atoms with Crippen molar-refractivity contribution in [3.05, 3.63) is 18.6 Å². The van der Waals surface area contributed by atoms with Crippen LogP contribution in [0.15, 0.2) is 18.6 Å². The first kappa shape index (κ1) is 15.3. The molecule has 8 heteroatoms. The molecule has 23 heavy (non-hydrogen) atoms. The zero-order chi connectivity index (χ0) is 15.9. The van der Waals surface area contributed by atoms with Crippen molar-refractivity contribution in [2.75, 3.05) is 37.7 Å². The Labute approximate surface area is 136 Å². The minimum absolute atomic E-state index is 0.155. The molecule has 1 aromatic heterocycles. The lowest BCUT2D eigenvalue weighted by Gasteiger charge is -2.47. The second-order valence-electron chi connectivity index (χ2n) is 6.70. The number of hydrogen-bond acceptors (Lipinski definition) is 6. The van der Waals surface area contributed by atoms with Gasteiger partial charge >= 0.3 is 0 Å². The van der Waals surface area contributed by atoms with Gasteiger partial charge in [0.2, 0.25) is 10.0 Å². The number of nitrogens with zero attached hydrogens (tertiary/aromatic N) is 4. The monoisotopic (exact) mass is 338 g/mol. The van der Waals surface area contributed by atoms with Crippen LogP contribution in [0.5, 0.6) is 0 Å². The fourth-order valence-corrected chi connectivity index (χ4v) is 5.50. The van der Waals surface area contributed by atoms with Crippen molar-refractivity contribution in [1.82, 2.24) is 14.3 Å². The van der Waals surface area contributed by atoms with E-state index in [1.54, 1.807) is 22.9 Å². The molecule has 2 aliphatic heterocycles. The van der Waals surface area contributed by atoms with Gasteiger partial charge in [-0.3, -0.25) is 4.98 Å². The third-order valence-corrected chi connectivity index (χ3v) is 7.28. The third kappa shape index (κ3) is 2.95. The van der Waals surface area contributed by atoms with Crippen LogP contribution < -0.4 is 4.90 Å². The molecule has 3 heterocycles. The number of hydrogen-bond donors (Lipinski definition) is 0. The highest BCUT2D eigenvalue weighted by Crippen LogP contribution is 2.36. The number of morpholine rings is 1. The molecular weight excluding hydrogens is 316 g/mol. The number of sulfonamides is 1. The molecule has 1 spiro atoms. The standard InChI is InChI=1S/C15H22N4O3S/c20-23(21,13-2-3-13)19-8-9-22-15(12-19)4-1-7-18(11-15)14-10-16-5-6-17-14/h5-6,10,13H,1-4,7-9,11-12H2. The molecule has 0 amide bonds. The van der Waals surface area contributed by atoms with Crippen LogP contribution in [0.3, 0.4) is 0 Å². The van der Waals surface area contributed by atoms with Gasteiger partial charge in [0.1, 0.15) is 5.82 Å². The predicted molar refractivity (Wildman–Crippen MR) is 85.7 cm³/mol. The van der Waals surface area contributed by atoms with Gasteiger partial charge in [-0.1, -0.05) is 0 Å². The summed E-state index contributed by atoms with van der Waals surface area (Å²) in [6.07, 6.45) is 8.55. The van der Waals surface area contributed by atoms with Crippen LogP contribution in [0, 0.1) is 0 Å². The molecule has 0 N–H and O–H groups in total. The summed E-state index contributed by atoms with van der Waals surface area (Å²) in [7, 11) is -3.14. The van der Waals surface area contributed by atoms with Crippen LogP contribution in [-0.4, -0.2) is 66.3 Å². The van der Waals surface area contributed by atoms with Gasteiger partial charge in [0.25, 0.3) is 0 Å². The summed E-state index contributed by atoms with van der Waals surface area (Å²) in [6, 6.07) is 0. The van der Waals surface area contributed by atoms with Crippen molar-refractivity contribution in [2.45, 2.75) is 36.5 Å². The predicted octanol–water partition coefficient (Wildman–Crippen LogP) is 0.640. The number of ether oxygens (including phenoxy) is 1. The molecule has 0 bridgehead atoms. The first-order valence-corrected chi connectivity index (χ1v) is 9.73. The summed E-state index contributed by atoms with van der Waals surface area (Å²) in [5, 5.41) is -0.155. The van der Waals surface area contributed by atoms with Crippen molar-refractivity contribution in [2.24, 2.45) is 0 Å². The smallest absolute Gasteiger partial charge is 0.217 e. The molecule has 3 aliphatic rings. The van der Waals surface area contributed by atoms with Crippen LogP contribution in [0.25, 0.3) is 0 Å². The SMILES string of the molecule is O=S(=O)(C1CC1)N1CCOC2(CCCN(c3cnccn3)C2)C1. The highest BCUT2D eigenvalue weighted by molar-refractivity contribution is 7.90. The van der Waals surface area contributed by atoms with Crippen LogP contribution in [0.2, 0.25) is 0 Å². The van der Waals surface area contributed by atoms with E-state index in [-0.39, 0.29) is 5.25 Å². The highest BCUT2D eigenvalue weighted by Gasteiger charge is 2.47. The van der Waals surface area contributed by atoms with Gasteiger partial charge in [-0.25, -0.2) is 13.4 Å². The minimum Gasteiger partial charge on any atom is -0.370 e. The van der Waals surface area contributed by atoms with Crippen molar-refractivity contribution in [3.63, 3.8) is 0 Å². The van der Waals surface area contributed by atoms with Crippen LogP contribution in [0.4, 0.5) is 5.82 Å². The number of piperidine rings is 1. The summed E-state index contributed by atoms with van der Waals surface area (Å²) in [6.45, 7) is 2.98. The Morgan fingerprint density at radius 2 is 2.09 bits per heavy atom.